The van der Waals surface area contributed by atoms with Crippen LogP contribution in [0.5, 0.6) is 5.75 Å². The van der Waals surface area contributed by atoms with Crippen LogP contribution in [0.2, 0.25) is 0 Å². The average Bonchev–Trinajstić information content (AvgIpc) is 2.46. The normalized spacial score (nSPS) is 11.5. The zero-order valence-corrected chi connectivity index (χ0v) is 13.8. The fraction of sp³-hybridized carbons (Fsp3) is 0.250. The van der Waals surface area contributed by atoms with Gasteiger partial charge in [-0.1, -0.05) is 26.0 Å². The van der Waals surface area contributed by atoms with Gasteiger partial charge < -0.3 is 4.18 Å². The van der Waals surface area contributed by atoms with Crippen LogP contribution in [-0.2, 0) is 10.1 Å². The van der Waals surface area contributed by atoms with Gasteiger partial charge >= 0.3 is 10.1 Å². The minimum atomic E-state index is -4.05. The standard InChI is InChI=1S/C16H17NO5S/c1-11(2)13-5-4-6-15(10-13)22-23(20,21)16-8-7-14(17(18)19)9-12(16)3/h4-11H,1-3H3. The van der Waals surface area contributed by atoms with Gasteiger partial charge in [-0.05, 0) is 42.2 Å². The summed E-state index contributed by atoms with van der Waals surface area (Å²) < 4.78 is 29.9. The summed E-state index contributed by atoms with van der Waals surface area (Å²) >= 11 is 0. The highest BCUT2D eigenvalue weighted by molar-refractivity contribution is 7.87. The number of hydrogen-bond donors (Lipinski definition) is 0. The lowest BCUT2D eigenvalue weighted by molar-refractivity contribution is -0.385. The summed E-state index contributed by atoms with van der Waals surface area (Å²) in [6.07, 6.45) is 0. The molecule has 0 aromatic heterocycles. The zero-order chi connectivity index (χ0) is 17.2. The third kappa shape index (κ3) is 3.87. The van der Waals surface area contributed by atoms with Gasteiger partial charge in [0.25, 0.3) is 5.69 Å². The van der Waals surface area contributed by atoms with Crippen molar-refractivity contribution in [1.29, 1.82) is 0 Å². The van der Waals surface area contributed by atoms with Gasteiger partial charge in [0.1, 0.15) is 10.6 Å². The fourth-order valence-electron chi connectivity index (χ4n) is 2.12. The summed E-state index contributed by atoms with van der Waals surface area (Å²) in [7, 11) is -4.05. The van der Waals surface area contributed by atoms with E-state index in [-0.39, 0.29) is 27.8 Å². The van der Waals surface area contributed by atoms with Gasteiger partial charge in [-0.25, -0.2) is 0 Å². The first-order valence-electron chi connectivity index (χ1n) is 7.00. The Hall–Kier alpha value is -2.41. The Labute approximate surface area is 135 Å². The summed E-state index contributed by atoms with van der Waals surface area (Å²) in [5.41, 5.74) is 1.06. The van der Waals surface area contributed by atoms with Gasteiger partial charge in [0, 0.05) is 12.1 Å². The van der Waals surface area contributed by atoms with E-state index in [4.69, 9.17) is 4.18 Å². The summed E-state index contributed by atoms with van der Waals surface area (Å²) in [6.45, 7) is 5.48. The van der Waals surface area contributed by atoms with Crippen molar-refractivity contribution >= 4 is 15.8 Å². The van der Waals surface area contributed by atoms with Crippen molar-refractivity contribution in [2.24, 2.45) is 0 Å². The maximum Gasteiger partial charge on any atom is 0.339 e. The van der Waals surface area contributed by atoms with Crippen LogP contribution < -0.4 is 4.18 Å². The average molecular weight is 335 g/mol. The molecule has 0 radical (unpaired) electrons. The molecule has 0 unspecified atom stereocenters. The van der Waals surface area contributed by atoms with Crippen molar-refractivity contribution in [3.05, 3.63) is 63.7 Å². The zero-order valence-electron chi connectivity index (χ0n) is 13.0. The highest BCUT2D eigenvalue weighted by Crippen LogP contribution is 2.26. The van der Waals surface area contributed by atoms with E-state index in [2.05, 4.69) is 0 Å². The molecule has 0 aliphatic rings. The third-order valence-electron chi connectivity index (χ3n) is 3.37. The molecule has 0 saturated carbocycles. The molecular weight excluding hydrogens is 318 g/mol. The number of benzene rings is 2. The molecule has 0 atom stereocenters. The van der Waals surface area contributed by atoms with Crippen molar-refractivity contribution in [1.82, 2.24) is 0 Å². The van der Waals surface area contributed by atoms with Crippen LogP contribution in [-0.4, -0.2) is 13.3 Å². The van der Waals surface area contributed by atoms with Gasteiger partial charge in [0.2, 0.25) is 0 Å². The van der Waals surface area contributed by atoms with Crippen LogP contribution in [0.3, 0.4) is 0 Å². The quantitative estimate of drug-likeness (QED) is 0.471. The van der Waals surface area contributed by atoms with Crippen LogP contribution in [0, 0.1) is 17.0 Å². The summed E-state index contributed by atoms with van der Waals surface area (Å²) in [5.74, 6) is 0.455. The predicted molar refractivity (Wildman–Crippen MR) is 86.2 cm³/mol. The van der Waals surface area contributed by atoms with Crippen LogP contribution >= 0.6 is 0 Å². The molecule has 6 nitrogen and oxygen atoms in total. The molecule has 0 spiro atoms. The number of nitrogens with zero attached hydrogens (tertiary/aromatic N) is 1. The summed E-state index contributed by atoms with van der Waals surface area (Å²) in [6, 6.07) is 10.4. The molecule has 2 aromatic carbocycles. The SMILES string of the molecule is Cc1cc([N+](=O)[O-])ccc1S(=O)(=O)Oc1cccc(C(C)C)c1. The first-order chi connectivity index (χ1) is 10.7. The minimum Gasteiger partial charge on any atom is -0.379 e. The van der Waals surface area contributed by atoms with Crippen molar-refractivity contribution in [3.8, 4) is 5.75 Å². The molecule has 0 aliphatic heterocycles. The highest BCUT2D eigenvalue weighted by atomic mass is 32.2. The van der Waals surface area contributed by atoms with Gasteiger partial charge in [-0.15, -0.1) is 0 Å². The van der Waals surface area contributed by atoms with Crippen LogP contribution in [0.25, 0.3) is 0 Å². The number of nitro groups is 1. The molecule has 2 aromatic rings. The molecule has 0 saturated heterocycles. The first-order valence-corrected chi connectivity index (χ1v) is 8.41. The number of aryl methyl sites for hydroxylation is 1. The first kappa shape index (κ1) is 17.0. The fourth-order valence-corrected chi connectivity index (χ4v) is 3.26. The second-order valence-electron chi connectivity index (χ2n) is 5.47. The maximum atomic E-state index is 12.4. The Morgan fingerprint density at radius 3 is 2.39 bits per heavy atom. The summed E-state index contributed by atoms with van der Waals surface area (Å²) in [4.78, 5) is 10.1. The van der Waals surface area contributed by atoms with Gasteiger partial charge in [0.15, 0.2) is 0 Å². The molecule has 0 N–H and O–H groups in total. The lowest BCUT2D eigenvalue weighted by atomic mass is 10.0. The lowest BCUT2D eigenvalue weighted by Gasteiger charge is -2.11. The van der Waals surface area contributed by atoms with Gasteiger partial charge in [-0.3, -0.25) is 10.1 Å². The number of hydrogen-bond acceptors (Lipinski definition) is 5. The van der Waals surface area contributed by atoms with Gasteiger partial charge in [-0.2, -0.15) is 8.42 Å². The van der Waals surface area contributed by atoms with E-state index in [0.29, 0.717) is 0 Å². The molecule has 0 fully saturated rings. The van der Waals surface area contributed by atoms with E-state index < -0.39 is 15.0 Å². The Kier molecular flexibility index (Phi) is 4.70. The van der Waals surface area contributed by atoms with E-state index in [9.17, 15) is 18.5 Å². The Morgan fingerprint density at radius 1 is 1.13 bits per heavy atom. The Balaban J connectivity index is 2.36. The van der Waals surface area contributed by atoms with Crippen LogP contribution in [0.15, 0.2) is 47.4 Å². The largest absolute Gasteiger partial charge is 0.379 e. The van der Waals surface area contributed by atoms with E-state index in [1.54, 1.807) is 18.2 Å². The number of non-ortho nitro benzene ring substituents is 1. The van der Waals surface area contributed by atoms with Crippen molar-refractivity contribution < 1.29 is 17.5 Å². The van der Waals surface area contributed by atoms with Crippen LogP contribution in [0.1, 0.15) is 30.9 Å². The van der Waals surface area contributed by atoms with Crippen LogP contribution in [0.4, 0.5) is 5.69 Å². The van der Waals surface area contributed by atoms with E-state index in [0.717, 1.165) is 11.6 Å². The van der Waals surface area contributed by atoms with Crippen molar-refractivity contribution in [3.63, 3.8) is 0 Å². The summed E-state index contributed by atoms with van der Waals surface area (Å²) in [5, 5.41) is 10.7. The van der Waals surface area contributed by atoms with Gasteiger partial charge in [0.05, 0.1) is 4.92 Å². The van der Waals surface area contributed by atoms with Crippen molar-refractivity contribution in [2.45, 2.75) is 31.6 Å². The smallest absolute Gasteiger partial charge is 0.339 e. The monoisotopic (exact) mass is 335 g/mol. The molecule has 0 heterocycles. The van der Waals surface area contributed by atoms with Crippen molar-refractivity contribution in [2.75, 3.05) is 0 Å². The minimum absolute atomic E-state index is 0.0851. The molecule has 0 aliphatic carbocycles. The molecule has 7 heteroatoms. The van der Waals surface area contributed by atoms with E-state index in [1.165, 1.54) is 19.1 Å². The molecule has 0 amide bonds. The molecular formula is C16H17NO5S. The lowest BCUT2D eigenvalue weighted by Crippen LogP contribution is -2.11. The second-order valence-corrected chi connectivity index (χ2v) is 6.99. The van der Waals surface area contributed by atoms with E-state index in [1.807, 2.05) is 19.9 Å². The second kappa shape index (κ2) is 6.37. The highest BCUT2D eigenvalue weighted by Gasteiger charge is 2.21. The predicted octanol–water partition coefficient (Wildman–Crippen LogP) is 3.79. The topological polar surface area (TPSA) is 86.5 Å². The Morgan fingerprint density at radius 2 is 1.83 bits per heavy atom. The number of rotatable bonds is 5. The number of nitro benzene ring substituents is 1. The molecule has 0 bridgehead atoms. The maximum absolute atomic E-state index is 12.4. The Bertz CT molecular complexity index is 843. The molecule has 2 rings (SSSR count). The third-order valence-corrected chi connectivity index (χ3v) is 4.78. The molecule has 122 valence electrons. The van der Waals surface area contributed by atoms with E-state index >= 15 is 0 Å². The molecule has 23 heavy (non-hydrogen) atoms.